The van der Waals surface area contributed by atoms with E-state index in [0.29, 0.717) is 6.54 Å². The van der Waals surface area contributed by atoms with Gasteiger partial charge < -0.3 is 10.1 Å². The van der Waals surface area contributed by atoms with Crippen LogP contribution in [0.3, 0.4) is 0 Å². The van der Waals surface area contributed by atoms with Gasteiger partial charge in [0.15, 0.2) is 0 Å². The molecule has 0 spiro atoms. The SMILES string of the molecule is Cc1[nH]ncc1CNCc1ccc(OC(C)C)cc1C(F)(F)F. The molecule has 126 valence electrons. The van der Waals surface area contributed by atoms with E-state index in [1.54, 1.807) is 26.1 Å². The largest absolute Gasteiger partial charge is 0.491 e. The maximum Gasteiger partial charge on any atom is 0.416 e. The van der Waals surface area contributed by atoms with Crippen molar-refractivity contribution in [3.63, 3.8) is 0 Å². The van der Waals surface area contributed by atoms with E-state index >= 15 is 0 Å². The molecule has 0 fully saturated rings. The van der Waals surface area contributed by atoms with Crippen molar-refractivity contribution in [1.82, 2.24) is 15.5 Å². The fraction of sp³-hybridized carbons (Fsp3) is 0.438. The lowest BCUT2D eigenvalue weighted by molar-refractivity contribution is -0.138. The van der Waals surface area contributed by atoms with Crippen LogP contribution in [0.5, 0.6) is 5.75 Å². The highest BCUT2D eigenvalue weighted by atomic mass is 19.4. The van der Waals surface area contributed by atoms with E-state index in [-0.39, 0.29) is 24.0 Å². The predicted molar refractivity (Wildman–Crippen MR) is 81.1 cm³/mol. The molecule has 23 heavy (non-hydrogen) atoms. The molecule has 0 saturated heterocycles. The van der Waals surface area contributed by atoms with Crippen LogP contribution in [-0.2, 0) is 19.3 Å². The maximum absolute atomic E-state index is 13.2. The van der Waals surface area contributed by atoms with E-state index in [9.17, 15) is 13.2 Å². The molecule has 1 heterocycles. The Morgan fingerprint density at radius 1 is 1.22 bits per heavy atom. The summed E-state index contributed by atoms with van der Waals surface area (Å²) in [5.41, 5.74) is 1.34. The highest BCUT2D eigenvalue weighted by Gasteiger charge is 2.33. The second-order valence-electron chi connectivity index (χ2n) is 5.61. The fourth-order valence-electron chi connectivity index (χ4n) is 2.20. The minimum absolute atomic E-state index is 0.113. The molecule has 7 heteroatoms. The normalized spacial score (nSPS) is 12.0. The number of nitrogens with zero attached hydrogens (tertiary/aromatic N) is 1. The summed E-state index contributed by atoms with van der Waals surface area (Å²) < 4.78 is 45.0. The number of halogens is 3. The van der Waals surface area contributed by atoms with Crippen LogP contribution in [0, 0.1) is 6.92 Å². The Labute approximate surface area is 133 Å². The quantitative estimate of drug-likeness (QED) is 0.848. The first-order valence-electron chi connectivity index (χ1n) is 7.33. The molecule has 0 radical (unpaired) electrons. The van der Waals surface area contributed by atoms with Crippen LogP contribution in [-0.4, -0.2) is 16.3 Å². The van der Waals surface area contributed by atoms with Gasteiger partial charge in [0.2, 0.25) is 0 Å². The summed E-state index contributed by atoms with van der Waals surface area (Å²) in [5.74, 6) is 0.224. The third-order valence-corrected chi connectivity index (χ3v) is 3.32. The number of hydrogen-bond acceptors (Lipinski definition) is 3. The van der Waals surface area contributed by atoms with Crippen LogP contribution in [0.4, 0.5) is 13.2 Å². The molecule has 2 rings (SSSR count). The number of nitrogens with one attached hydrogen (secondary N) is 2. The van der Waals surface area contributed by atoms with Gasteiger partial charge in [0.25, 0.3) is 0 Å². The number of ether oxygens (including phenoxy) is 1. The second kappa shape index (κ2) is 7.04. The zero-order chi connectivity index (χ0) is 17.0. The molecule has 0 saturated carbocycles. The van der Waals surface area contributed by atoms with Crippen molar-refractivity contribution in [3.8, 4) is 5.75 Å². The average Bonchev–Trinajstić information content (AvgIpc) is 2.84. The van der Waals surface area contributed by atoms with E-state index in [4.69, 9.17) is 4.74 Å². The Morgan fingerprint density at radius 2 is 1.91 bits per heavy atom. The molecule has 0 amide bonds. The van der Waals surface area contributed by atoms with Crippen LogP contribution in [0.1, 0.15) is 36.2 Å². The van der Waals surface area contributed by atoms with Crippen LogP contribution < -0.4 is 10.1 Å². The zero-order valence-corrected chi connectivity index (χ0v) is 13.3. The van der Waals surface area contributed by atoms with Crippen LogP contribution >= 0.6 is 0 Å². The summed E-state index contributed by atoms with van der Waals surface area (Å²) in [7, 11) is 0. The van der Waals surface area contributed by atoms with E-state index in [2.05, 4.69) is 15.5 Å². The summed E-state index contributed by atoms with van der Waals surface area (Å²) in [6, 6.07) is 4.07. The summed E-state index contributed by atoms with van der Waals surface area (Å²) in [6.07, 6.45) is -2.94. The average molecular weight is 327 g/mol. The molecule has 0 bridgehead atoms. The van der Waals surface area contributed by atoms with Crippen LogP contribution in [0.2, 0.25) is 0 Å². The van der Waals surface area contributed by atoms with Crippen molar-refractivity contribution in [3.05, 3.63) is 46.8 Å². The monoisotopic (exact) mass is 327 g/mol. The molecule has 0 unspecified atom stereocenters. The van der Waals surface area contributed by atoms with Gasteiger partial charge in [-0.3, -0.25) is 5.10 Å². The van der Waals surface area contributed by atoms with E-state index in [1.165, 1.54) is 6.07 Å². The van der Waals surface area contributed by atoms with Gasteiger partial charge in [-0.15, -0.1) is 0 Å². The minimum Gasteiger partial charge on any atom is -0.491 e. The first-order chi connectivity index (χ1) is 10.8. The van der Waals surface area contributed by atoms with Gasteiger partial charge in [0.1, 0.15) is 5.75 Å². The number of aromatic amines is 1. The van der Waals surface area contributed by atoms with Gasteiger partial charge in [-0.2, -0.15) is 18.3 Å². The van der Waals surface area contributed by atoms with Crippen molar-refractivity contribution in [2.24, 2.45) is 0 Å². The summed E-state index contributed by atoms with van der Waals surface area (Å²) in [6.45, 7) is 5.97. The standard InChI is InChI=1S/C16H20F3N3O/c1-10(2)23-14-5-4-12(15(6-14)16(17,18)19)7-20-8-13-9-21-22-11(13)3/h4-6,9-10,20H,7-8H2,1-3H3,(H,21,22). The van der Waals surface area contributed by atoms with Crippen molar-refractivity contribution in [2.45, 2.75) is 46.1 Å². The van der Waals surface area contributed by atoms with Gasteiger partial charge in [-0.05, 0) is 38.5 Å². The molecular formula is C16H20F3N3O. The van der Waals surface area contributed by atoms with Crippen molar-refractivity contribution < 1.29 is 17.9 Å². The van der Waals surface area contributed by atoms with Crippen LogP contribution in [0.25, 0.3) is 0 Å². The molecule has 1 aromatic heterocycles. The molecule has 4 nitrogen and oxygen atoms in total. The Hall–Kier alpha value is -2.02. The number of benzene rings is 1. The molecule has 1 aromatic carbocycles. The van der Waals surface area contributed by atoms with Gasteiger partial charge >= 0.3 is 6.18 Å². The van der Waals surface area contributed by atoms with Crippen molar-refractivity contribution in [1.29, 1.82) is 0 Å². The number of H-pyrrole nitrogens is 1. The molecule has 0 aliphatic carbocycles. The van der Waals surface area contributed by atoms with E-state index in [1.807, 2.05) is 6.92 Å². The highest BCUT2D eigenvalue weighted by molar-refractivity contribution is 5.37. The Kier molecular flexibility index (Phi) is 5.30. The van der Waals surface area contributed by atoms with Gasteiger partial charge in [-0.25, -0.2) is 0 Å². The second-order valence-corrected chi connectivity index (χ2v) is 5.61. The smallest absolute Gasteiger partial charge is 0.416 e. The highest BCUT2D eigenvalue weighted by Crippen LogP contribution is 2.34. The third-order valence-electron chi connectivity index (χ3n) is 3.32. The Bertz CT molecular complexity index is 650. The lowest BCUT2D eigenvalue weighted by Crippen LogP contribution is -2.18. The topological polar surface area (TPSA) is 49.9 Å². The molecule has 0 aliphatic rings. The fourth-order valence-corrected chi connectivity index (χ4v) is 2.20. The van der Waals surface area contributed by atoms with Crippen LogP contribution in [0.15, 0.2) is 24.4 Å². The summed E-state index contributed by atoms with van der Waals surface area (Å²) in [4.78, 5) is 0. The number of alkyl halides is 3. The predicted octanol–water partition coefficient (Wildman–Crippen LogP) is 3.81. The maximum atomic E-state index is 13.2. The number of rotatable bonds is 6. The summed E-state index contributed by atoms with van der Waals surface area (Å²) in [5, 5.41) is 9.69. The third kappa shape index (κ3) is 4.72. The number of aryl methyl sites for hydroxylation is 1. The molecule has 0 atom stereocenters. The van der Waals surface area contributed by atoms with Crippen molar-refractivity contribution >= 4 is 0 Å². The van der Waals surface area contributed by atoms with E-state index in [0.717, 1.165) is 17.3 Å². The molecule has 2 aromatic rings. The number of hydrogen-bond donors (Lipinski definition) is 2. The van der Waals surface area contributed by atoms with Gasteiger partial charge in [-0.1, -0.05) is 6.07 Å². The molecule has 0 aliphatic heterocycles. The molecular weight excluding hydrogens is 307 g/mol. The Morgan fingerprint density at radius 3 is 2.48 bits per heavy atom. The first-order valence-corrected chi connectivity index (χ1v) is 7.33. The zero-order valence-electron chi connectivity index (χ0n) is 13.3. The lowest BCUT2D eigenvalue weighted by atomic mass is 10.1. The minimum atomic E-state index is -4.42. The van der Waals surface area contributed by atoms with Gasteiger partial charge in [0.05, 0.1) is 17.9 Å². The van der Waals surface area contributed by atoms with Crippen molar-refractivity contribution in [2.75, 3.05) is 0 Å². The lowest BCUT2D eigenvalue weighted by Gasteiger charge is -2.17. The molecule has 2 N–H and O–H groups in total. The van der Waals surface area contributed by atoms with Gasteiger partial charge in [0, 0.05) is 24.3 Å². The Balaban J connectivity index is 2.12. The summed E-state index contributed by atoms with van der Waals surface area (Å²) >= 11 is 0. The number of aromatic nitrogens is 2. The van der Waals surface area contributed by atoms with E-state index < -0.39 is 11.7 Å². The first kappa shape index (κ1) is 17.3.